The molecule has 0 radical (unpaired) electrons. The molecule has 0 aliphatic carbocycles. The van der Waals surface area contributed by atoms with E-state index in [2.05, 4.69) is 40.0 Å². The Kier molecular flexibility index (Phi) is 6.75. The number of unbranched alkanes of at least 4 members (excludes halogenated alkanes) is 1. The van der Waals surface area contributed by atoms with Gasteiger partial charge in [-0.2, -0.15) is 0 Å². The molecular formula is C14H20N4OS2. The Hall–Kier alpha value is -1.34. The first-order valence-electron chi connectivity index (χ1n) is 7.09. The number of hydrogen-bond acceptors (Lipinski definition) is 5. The van der Waals surface area contributed by atoms with Crippen molar-refractivity contribution in [2.45, 2.75) is 37.9 Å². The molecule has 0 atom stereocenters. The molecule has 1 amide bonds. The molecule has 0 fully saturated rings. The van der Waals surface area contributed by atoms with Gasteiger partial charge in [0.1, 0.15) is 6.33 Å². The third kappa shape index (κ3) is 5.51. The minimum Gasteiger partial charge on any atom is -0.355 e. The summed E-state index contributed by atoms with van der Waals surface area (Å²) >= 11 is 3.19. The monoisotopic (exact) mass is 324 g/mol. The van der Waals surface area contributed by atoms with Gasteiger partial charge in [-0.15, -0.1) is 21.5 Å². The quantitative estimate of drug-likeness (QED) is 0.569. The van der Waals surface area contributed by atoms with E-state index in [1.54, 1.807) is 17.7 Å². The molecule has 0 aliphatic rings. The molecule has 2 rings (SSSR count). The van der Waals surface area contributed by atoms with E-state index in [9.17, 15) is 4.79 Å². The number of amides is 1. The summed E-state index contributed by atoms with van der Waals surface area (Å²) in [6.07, 6.45) is 4.80. The van der Waals surface area contributed by atoms with Crippen LogP contribution >= 0.6 is 23.1 Å². The van der Waals surface area contributed by atoms with Gasteiger partial charge in [0.15, 0.2) is 5.16 Å². The molecule has 1 N–H and O–H groups in total. The number of thiophene rings is 1. The van der Waals surface area contributed by atoms with E-state index < -0.39 is 0 Å². The molecule has 0 saturated heterocycles. The van der Waals surface area contributed by atoms with Crippen molar-refractivity contribution in [3.8, 4) is 0 Å². The normalized spacial score (nSPS) is 10.7. The lowest BCUT2D eigenvalue weighted by Crippen LogP contribution is -2.26. The van der Waals surface area contributed by atoms with E-state index in [4.69, 9.17) is 0 Å². The van der Waals surface area contributed by atoms with Crippen LogP contribution < -0.4 is 5.32 Å². The van der Waals surface area contributed by atoms with E-state index in [0.717, 1.165) is 37.5 Å². The van der Waals surface area contributed by atoms with Gasteiger partial charge in [-0.25, -0.2) is 0 Å². The van der Waals surface area contributed by atoms with Gasteiger partial charge in [0.2, 0.25) is 5.91 Å². The summed E-state index contributed by atoms with van der Waals surface area (Å²) in [6, 6.07) is 4.19. The fraction of sp³-hybridized carbons (Fsp3) is 0.500. The molecule has 2 aromatic heterocycles. The van der Waals surface area contributed by atoms with Crippen LogP contribution in [0.3, 0.4) is 0 Å². The van der Waals surface area contributed by atoms with Gasteiger partial charge in [-0.3, -0.25) is 4.79 Å². The highest BCUT2D eigenvalue weighted by molar-refractivity contribution is 7.99. The van der Waals surface area contributed by atoms with Crippen LogP contribution in [0.4, 0.5) is 0 Å². The van der Waals surface area contributed by atoms with Crippen molar-refractivity contribution in [2.24, 2.45) is 0 Å². The summed E-state index contributed by atoms with van der Waals surface area (Å²) in [5.41, 5.74) is 0. The van der Waals surface area contributed by atoms with Crippen LogP contribution in [0.15, 0.2) is 29.0 Å². The Balaban J connectivity index is 1.76. The van der Waals surface area contributed by atoms with Crippen molar-refractivity contribution in [2.75, 3.05) is 12.3 Å². The van der Waals surface area contributed by atoms with Crippen LogP contribution in [0, 0.1) is 0 Å². The maximum Gasteiger partial charge on any atom is 0.230 e. The minimum absolute atomic E-state index is 0.0567. The third-order valence-corrected chi connectivity index (χ3v) is 4.86. The second kappa shape index (κ2) is 8.84. The van der Waals surface area contributed by atoms with Crippen molar-refractivity contribution in [3.05, 3.63) is 28.7 Å². The van der Waals surface area contributed by atoms with Crippen LogP contribution in [0.1, 0.15) is 24.6 Å². The molecule has 2 aromatic rings. The molecule has 0 spiro atoms. The molecule has 0 aliphatic heterocycles. The highest BCUT2D eigenvalue weighted by atomic mass is 32.2. The van der Waals surface area contributed by atoms with E-state index in [1.807, 2.05) is 4.57 Å². The number of aromatic nitrogens is 3. The number of carbonyl (C=O) groups excluding carboxylic acids is 1. The van der Waals surface area contributed by atoms with Crippen molar-refractivity contribution in [1.29, 1.82) is 0 Å². The average Bonchev–Trinajstić information content (AvgIpc) is 3.14. The maximum absolute atomic E-state index is 11.7. The lowest BCUT2D eigenvalue weighted by molar-refractivity contribution is -0.118. The lowest BCUT2D eigenvalue weighted by atomic mass is 10.3. The Morgan fingerprint density at radius 2 is 2.43 bits per heavy atom. The molecular weight excluding hydrogens is 304 g/mol. The van der Waals surface area contributed by atoms with Crippen LogP contribution in [-0.2, 0) is 17.8 Å². The smallest absolute Gasteiger partial charge is 0.230 e. The minimum atomic E-state index is 0.0567. The molecule has 0 aromatic carbocycles. The van der Waals surface area contributed by atoms with E-state index >= 15 is 0 Å². The number of nitrogens with one attached hydrogen (secondary N) is 1. The van der Waals surface area contributed by atoms with Gasteiger partial charge < -0.3 is 9.88 Å². The van der Waals surface area contributed by atoms with Gasteiger partial charge in [0, 0.05) is 18.0 Å². The van der Waals surface area contributed by atoms with Crippen molar-refractivity contribution < 1.29 is 4.79 Å². The molecule has 2 heterocycles. The zero-order valence-electron chi connectivity index (χ0n) is 12.1. The van der Waals surface area contributed by atoms with E-state index in [-0.39, 0.29) is 5.91 Å². The van der Waals surface area contributed by atoms with Gasteiger partial charge in [-0.1, -0.05) is 31.2 Å². The zero-order chi connectivity index (χ0) is 14.9. The van der Waals surface area contributed by atoms with Crippen LogP contribution in [0.25, 0.3) is 0 Å². The first-order chi connectivity index (χ1) is 10.3. The molecule has 0 saturated carbocycles. The van der Waals surface area contributed by atoms with E-state index in [0.29, 0.717) is 5.75 Å². The Morgan fingerprint density at radius 3 is 3.19 bits per heavy atom. The Bertz CT molecular complexity index is 539. The van der Waals surface area contributed by atoms with Gasteiger partial charge >= 0.3 is 0 Å². The number of hydrogen-bond donors (Lipinski definition) is 1. The van der Waals surface area contributed by atoms with Crippen LogP contribution in [0.2, 0.25) is 0 Å². The summed E-state index contributed by atoms with van der Waals surface area (Å²) in [6.45, 7) is 3.70. The molecule has 114 valence electrons. The van der Waals surface area contributed by atoms with Crippen molar-refractivity contribution >= 4 is 29.0 Å². The van der Waals surface area contributed by atoms with Crippen molar-refractivity contribution in [1.82, 2.24) is 20.1 Å². The standard InChI is InChI=1S/C14H20N4OS2/c1-2-3-7-15-13(19)10-21-14-17-16-11-18(14)8-6-12-5-4-9-20-12/h4-5,9,11H,2-3,6-8,10H2,1H3,(H,15,19). The van der Waals surface area contributed by atoms with Crippen LogP contribution in [-0.4, -0.2) is 33.0 Å². The van der Waals surface area contributed by atoms with E-state index in [1.165, 1.54) is 16.6 Å². The highest BCUT2D eigenvalue weighted by Gasteiger charge is 2.08. The predicted molar refractivity (Wildman–Crippen MR) is 86.7 cm³/mol. The number of carbonyl (C=O) groups is 1. The molecule has 21 heavy (non-hydrogen) atoms. The Morgan fingerprint density at radius 1 is 1.52 bits per heavy atom. The number of nitrogens with zero attached hydrogens (tertiary/aromatic N) is 3. The predicted octanol–water partition coefficient (Wildman–Crippen LogP) is 2.59. The topological polar surface area (TPSA) is 59.8 Å². The Labute approximate surface area is 133 Å². The molecule has 0 bridgehead atoms. The maximum atomic E-state index is 11.7. The summed E-state index contributed by atoms with van der Waals surface area (Å²) in [5, 5.41) is 13.8. The third-order valence-electron chi connectivity index (χ3n) is 2.94. The number of thioether (sulfide) groups is 1. The second-order valence-corrected chi connectivity index (χ2v) is 6.60. The van der Waals surface area contributed by atoms with Crippen molar-refractivity contribution in [3.63, 3.8) is 0 Å². The molecule has 0 unspecified atom stereocenters. The fourth-order valence-electron chi connectivity index (χ4n) is 1.78. The number of aryl methyl sites for hydroxylation is 2. The van der Waals surface area contributed by atoms with Gasteiger partial charge in [0.25, 0.3) is 0 Å². The van der Waals surface area contributed by atoms with Crippen LogP contribution in [0.5, 0.6) is 0 Å². The number of rotatable bonds is 9. The average molecular weight is 324 g/mol. The summed E-state index contributed by atoms with van der Waals surface area (Å²) in [4.78, 5) is 13.0. The fourth-order valence-corrected chi connectivity index (χ4v) is 3.25. The first-order valence-corrected chi connectivity index (χ1v) is 8.95. The molecule has 7 heteroatoms. The van der Waals surface area contributed by atoms with Gasteiger partial charge in [0.05, 0.1) is 5.75 Å². The molecule has 5 nitrogen and oxygen atoms in total. The summed E-state index contributed by atoms with van der Waals surface area (Å²) < 4.78 is 2.00. The largest absolute Gasteiger partial charge is 0.355 e. The highest BCUT2D eigenvalue weighted by Crippen LogP contribution is 2.16. The summed E-state index contributed by atoms with van der Waals surface area (Å²) in [7, 11) is 0. The second-order valence-electron chi connectivity index (χ2n) is 4.63. The SMILES string of the molecule is CCCCNC(=O)CSc1nncn1CCc1cccs1. The lowest BCUT2D eigenvalue weighted by Gasteiger charge is -2.06. The zero-order valence-corrected chi connectivity index (χ0v) is 13.8. The van der Waals surface area contributed by atoms with Gasteiger partial charge in [-0.05, 0) is 24.3 Å². The summed E-state index contributed by atoms with van der Waals surface area (Å²) in [5.74, 6) is 0.447. The first kappa shape index (κ1) is 16.0.